The summed E-state index contributed by atoms with van der Waals surface area (Å²) >= 11 is 0. The third kappa shape index (κ3) is 3.25. The Morgan fingerprint density at radius 3 is 2.00 bits per heavy atom. The molecule has 138 valence electrons. The Morgan fingerprint density at radius 1 is 0.846 bits per heavy atom. The Labute approximate surface area is 159 Å². The highest BCUT2D eigenvalue weighted by Gasteiger charge is 2.49. The maximum Gasteiger partial charge on any atom is 0.123 e. The van der Waals surface area contributed by atoms with Gasteiger partial charge in [0.15, 0.2) is 0 Å². The van der Waals surface area contributed by atoms with Gasteiger partial charge in [-0.1, -0.05) is 67.6 Å². The summed E-state index contributed by atoms with van der Waals surface area (Å²) in [4.78, 5) is 5.14. The van der Waals surface area contributed by atoms with E-state index in [9.17, 15) is 0 Å². The molecule has 3 rings (SSSR count). The second-order valence-corrected chi connectivity index (χ2v) is 7.50. The molecule has 26 heavy (non-hydrogen) atoms. The zero-order chi connectivity index (χ0) is 18.6. The number of benzene rings is 2. The summed E-state index contributed by atoms with van der Waals surface area (Å²) in [6, 6.07) is 22.5. The van der Waals surface area contributed by atoms with Crippen molar-refractivity contribution in [3.63, 3.8) is 0 Å². The molecule has 0 N–H and O–H groups in total. The summed E-state index contributed by atoms with van der Waals surface area (Å²) in [6.07, 6.45) is 6.73. The maximum atomic E-state index is 2.59. The SMILES string of the molecule is CCC(c1ccccc1)C1(Cc2ccccc2)N(CC)C=CN1C(C)C. The second-order valence-electron chi connectivity index (χ2n) is 7.50. The molecular weight excluding hydrogens is 316 g/mol. The summed E-state index contributed by atoms with van der Waals surface area (Å²) in [6.45, 7) is 10.2. The zero-order valence-electron chi connectivity index (χ0n) is 16.6. The summed E-state index contributed by atoms with van der Waals surface area (Å²) in [7, 11) is 0. The number of rotatable bonds is 7. The van der Waals surface area contributed by atoms with Crippen molar-refractivity contribution in [3.8, 4) is 0 Å². The van der Waals surface area contributed by atoms with Crippen molar-refractivity contribution in [2.45, 2.75) is 58.2 Å². The lowest BCUT2D eigenvalue weighted by Gasteiger charge is -2.52. The smallest absolute Gasteiger partial charge is 0.123 e. The molecular formula is C24H32N2. The van der Waals surface area contributed by atoms with Gasteiger partial charge in [-0.15, -0.1) is 0 Å². The summed E-state index contributed by atoms with van der Waals surface area (Å²) in [5.41, 5.74) is 2.76. The standard InChI is InChI=1S/C24H32N2/c1-5-23(22-15-11-8-12-16-22)24(19-21-13-9-7-10-14-21)25(6-2)17-18-26(24)20(3)4/h7-18,20,23H,5-6,19H2,1-4H3. The molecule has 1 aliphatic rings. The van der Waals surface area contributed by atoms with E-state index in [1.807, 2.05) is 0 Å². The molecule has 1 heterocycles. The van der Waals surface area contributed by atoms with Crippen molar-refractivity contribution in [2.75, 3.05) is 6.54 Å². The molecule has 0 spiro atoms. The number of hydrogen-bond donors (Lipinski definition) is 0. The second kappa shape index (κ2) is 7.99. The Balaban J connectivity index is 2.14. The molecule has 0 saturated heterocycles. The van der Waals surface area contributed by atoms with Gasteiger partial charge in [-0.05, 0) is 38.3 Å². The molecule has 2 aromatic carbocycles. The predicted molar refractivity (Wildman–Crippen MR) is 111 cm³/mol. The minimum atomic E-state index is -0.0691. The molecule has 0 fully saturated rings. The molecule has 0 aliphatic carbocycles. The molecule has 0 radical (unpaired) electrons. The van der Waals surface area contributed by atoms with Crippen molar-refractivity contribution in [1.82, 2.24) is 9.80 Å². The van der Waals surface area contributed by atoms with Crippen molar-refractivity contribution in [3.05, 3.63) is 84.2 Å². The van der Waals surface area contributed by atoms with Crippen LogP contribution in [0.1, 0.15) is 51.2 Å². The van der Waals surface area contributed by atoms with E-state index in [0.717, 1.165) is 19.4 Å². The van der Waals surface area contributed by atoms with E-state index in [2.05, 4.69) is 111 Å². The van der Waals surface area contributed by atoms with Gasteiger partial charge in [0.25, 0.3) is 0 Å². The Hall–Kier alpha value is -2.22. The van der Waals surface area contributed by atoms with Gasteiger partial charge in [-0.2, -0.15) is 0 Å². The van der Waals surface area contributed by atoms with Crippen LogP contribution in [0.15, 0.2) is 73.1 Å². The lowest BCUT2D eigenvalue weighted by Crippen LogP contribution is -2.60. The molecule has 2 atom stereocenters. The first-order valence-corrected chi connectivity index (χ1v) is 9.95. The van der Waals surface area contributed by atoms with Gasteiger partial charge in [0.2, 0.25) is 0 Å². The number of nitrogens with zero attached hydrogens (tertiary/aromatic N) is 2. The third-order valence-corrected chi connectivity index (χ3v) is 5.72. The van der Waals surface area contributed by atoms with Crippen LogP contribution in [0.2, 0.25) is 0 Å². The molecule has 0 bridgehead atoms. The molecule has 2 heteroatoms. The first kappa shape index (κ1) is 18.6. The van der Waals surface area contributed by atoms with Crippen LogP contribution >= 0.6 is 0 Å². The molecule has 2 aromatic rings. The molecule has 2 nitrogen and oxygen atoms in total. The fourth-order valence-electron chi connectivity index (χ4n) is 4.66. The van der Waals surface area contributed by atoms with Gasteiger partial charge in [-0.25, -0.2) is 0 Å². The average molecular weight is 349 g/mol. The monoisotopic (exact) mass is 348 g/mol. The van der Waals surface area contributed by atoms with Gasteiger partial charge < -0.3 is 9.80 Å². The molecule has 2 unspecified atom stereocenters. The normalized spacial score (nSPS) is 20.8. The average Bonchev–Trinajstić information content (AvgIpc) is 3.03. The Morgan fingerprint density at radius 2 is 1.46 bits per heavy atom. The third-order valence-electron chi connectivity index (χ3n) is 5.72. The topological polar surface area (TPSA) is 6.48 Å². The first-order chi connectivity index (χ1) is 12.6. The predicted octanol–water partition coefficient (Wildman–Crippen LogP) is 5.64. The number of hydrogen-bond acceptors (Lipinski definition) is 2. The number of likely N-dealkylation sites (N-methyl/N-ethyl adjacent to an activating group) is 1. The van der Waals surface area contributed by atoms with Gasteiger partial charge >= 0.3 is 0 Å². The van der Waals surface area contributed by atoms with Crippen LogP contribution in [-0.4, -0.2) is 28.0 Å². The van der Waals surface area contributed by atoms with Crippen molar-refractivity contribution < 1.29 is 0 Å². The summed E-state index contributed by atoms with van der Waals surface area (Å²) in [5, 5.41) is 0. The van der Waals surface area contributed by atoms with Gasteiger partial charge in [-0.3, -0.25) is 0 Å². The van der Waals surface area contributed by atoms with E-state index < -0.39 is 0 Å². The fourth-order valence-corrected chi connectivity index (χ4v) is 4.66. The lowest BCUT2D eigenvalue weighted by molar-refractivity contribution is -0.0157. The van der Waals surface area contributed by atoms with Crippen LogP contribution in [-0.2, 0) is 6.42 Å². The highest BCUT2D eigenvalue weighted by Crippen LogP contribution is 2.45. The zero-order valence-corrected chi connectivity index (χ0v) is 16.6. The van der Waals surface area contributed by atoms with Crippen molar-refractivity contribution in [2.24, 2.45) is 0 Å². The van der Waals surface area contributed by atoms with Crippen LogP contribution < -0.4 is 0 Å². The van der Waals surface area contributed by atoms with Gasteiger partial charge in [0.1, 0.15) is 5.66 Å². The highest BCUT2D eigenvalue weighted by atomic mass is 15.4. The summed E-state index contributed by atoms with van der Waals surface area (Å²) < 4.78 is 0. The quantitative estimate of drug-likeness (QED) is 0.639. The van der Waals surface area contributed by atoms with Crippen LogP contribution in [0.5, 0.6) is 0 Å². The van der Waals surface area contributed by atoms with E-state index in [0.29, 0.717) is 12.0 Å². The minimum Gasteiger partial charge on any atom is -0.353 e. The summed E-state index contributed by atoms with van der Waals surface area (Å²) in [5.74, 6) is 0.432. The van der Waals surface area contributed by atoms with E-state index in [1.54, 1.807) is 0 Å². The van der Waals surface area contributed by atoms with E-state index in [4.69, 9.17) is 0 Å². The van der Waals surface area contributed by atoms with Crippen LogP contribution in [0.4, 0.5) is 0 Å². The Kier molecular flexibility index (Phi) is 5.70. The van der Waals surface area contributed by atoms with Crippen molar-refractivity contribution in [1.29, 1.82) is 0 Å². The van der Waals surface area contributed by atoms with E-state index >= 15 is 0 Å². The lowest BCUT2D eigenvalue weighted by atomic mass is 9.78. The molecule has 1 aliphatic heterocycles. The minimum absolute atomic E-state index is 0.0691. The van der Waals surface area contributed by atoms with E-state index in [-0.39, 0.29) is 5.66 Å². The molecule has 0 aromatic heterocycles. The Bertz CT molecular complexity index is 708. The van der Waals surface area contributed by atoms with Gasteiger partial charge in [0, 0.05) is 37.3 Å². The van der Waals surface area contributed by atoms with Crippen molar-refractivity contribution >= 4 is 0 Å². The van der Waals surface area contributed by atoms with E-state index in [1.165, 1.54) is 11.1 Å². The van der Waals surface area contributed by atoms with Gasteiger partial charge in [0.05, 0.1) is 0 Å². The van der Waals surface area contributed by atoms with Crippen LogP contribution in [0.25, 0.3) is 0 Å². The van der Waals surface area contributed by atoms with Crippen LogP contribution in [0, 0.1) is 0 Å². The highest BCUT2D eigenvalue weighted by molar-refractivity contribution is 5.30. The molecule has 0 amide bonds. The van der Waals surface area contributed by atoms with Crippen LogP contribution in [0.3, 0.4) is 0 Å². The first-order valence-electron chi connectivity index (χ1n) is 9.95. The largest absolute Gasteiger partial charge is 0.353 e. The fraction of sp³-hybridized carbons (Fsp3) is 0.417. The maximum absolute atomic E-state index is 2.59. The molecule has 0 saturated carbocycles.